The lowest BCUT2D eigenvalue weighted by molar-refractivity contribution is -0.127. The number of benzene rings is 1. The Kier molecular flexibility index (Phi) is 4.51. The van der Waals surface area contributed by atoms with Gasteiger partial charge in [-0.2, -0.15) is 0 Å². The van der Waals surface area contributed by atoms with Gasteiger partial charge in [-0.15, -0.1) is 0 Å². The van der Waals surface area contributed by atoms with Crippen molar-refractivity contribution in [2.45, 2.75) is 19.9 Å². The monoisotopic (exact) mass is 221 g/mol. The Morgan fingerprint density at radius 2 is 1.88 bits per heavy atom. The molecule has 86 valence electrons. The van der Waals surface area contributed by atoms with Gasteiger partial charge in [0.15, 0.2) is 0 Å². The first-order valence-electron chi connectivity index (χ1n) is 5.01. The highest BCUT2D eigenvalue weighted by Gasteiger charge is 2.04. The number of Topliss-reactive ketones (excluding diaryl/α,β-unsaturated/α-hetero) is 1. The summed E-state index contributed by atoms with van der Waals surface area (Å²) in [4.78, 5) is 21.9. The van der Waals surface area contributed by atoms with E-state index in [1.54, 1.807) is 7.11 Å². The highest BCUT2D eigenvalue weighted by Crippen LogP contribution is 2.10. The van der Waals surface area contributed by atoms with Gasteiger partial charge in [0.2, 0.25) is 5.91 Å². The molecule has 0 spiro atoms. The van der Waals surface area contributed by atoms with Crippen LogP contribution in [-0.4, -0.2) is 18.8 Å². The van der Waals surface area contributed by atoms with E-state index in [4.69, 9.17) is 4.74 Å². The molecule has 0 atom stereocenters. The summed E-state index contributed by atoms with van der Waals surface area (Å²) in [5.74, 6) is 0.398. The molecule has 16 heavy (non-hydrogen) atoms. The van der Waals surface area contributed by atoms with E-state index in [1.165, 1.54) is 6.92 Å². The van der Waals surface area contributed by atoms with E-state index in [1.807, 2.05) is 24.3 Å². The minimum absolute atomic E-state index is 0.0594. The molecule has 0 bridgehead atoms. The van der Waals surface area contributed by atoms with Gasteiger partial charge in [0, 0.05) is 6.54 Å². The van der Waals surface area contributed by atoms with Crippen LogP contribution in [0.25, 0.3) is 0 Å². The summed E-state index contributed by atoms with van der Waals surface area (Å²) in [7, 11) is 1.60. The second-order valence-corrected chi connectivity index (χ2v) is 3.50. The van der Waals surface area contributed by atoms with Gasteiger partial charge < -0.3 is 10.1 Å². The fraction of sp³-hybridized carbons (Fsp3) is 0.333. The van der Waals surface area contributed by atoms with Crippen molar-refractivity contribution in [3.8, 4) is 5.75 Å². The quantitative estimate of drug-likeness (QED) is 0.762. The van der Waals surface area contributed by atoms with E-state index in [2.05, 4.69) is 5.32 Å². The molecule has 0 aliphatic rings. The molecule has 0 heterocycles. The van der Waals surface area contributed by atoms with Crippen LogP contribution in [0.1, 0.15) is 18.9 Å². The molecule has 1 N–H and O–H groups in total. The summed E-state index contributed by atoms with van der Waals surface area (Å²) in [6.07, 6.45) is -0.0594. The molecule has 0 aliphatic heterocycles. The van der Waals surface area contributed by atoms with Crippen LogP contribution in [0.5, 0.6) is 5.75 Å². The molecule has 1 aromatic rings. The Labute approximate surface area is 94.6 Å². The second kappa shape index (κ2) is 5.90. The van der Waals surface area contributed by atoms with Gasteiger partial charge in [0.1, 0.15) is 11.5 Å². The average molecular weight is 221 g/mol. The third-order valence-corrected chi connectivity index (χ3v) is 2.06. The van der Waals surface area contributed by atoms with Gasteiger partial charge in [0.05, 0.1) is 13.5 Å². The molecule has 0 fully saturated rings. The largest absolute Gasteiger partial charge is 0.497 e. The van der Waals surface area contributed by atoms with Crippen molar-refractivity contribution in [2.75, 3.05) is 7.11 Å². The minimum atomic E-state index is -0.247. The van der Waals surface area contributed by atoms with Crippen molar-refractivity contribution in [1.29, 1.82) is 0 Å². The SMILES string of the molecule is COc1ccc(CNC(=O)CC(C)=O)cc1. The number of amides is 1. The van der Waals surface area contributed by atoms with Gasteiger partial charge in [0.25, 0.3) is 0 Å². The first-order chi connectivity index (χ1) is 7.61. The summed E-state index contributed by atoms with van der Waals surface area (Å²) in [6, 6.07) is 7.39. The van der Waals surface area contributed by atoms with Crippen LogP contribution >= 0.6 is 0 Å². The lowest BCUT2D eigenvalue weighted by Crippen LogP contribution is -2.24. The summed E-state index contributed by atoms with van der Waals surface area (Å²) < 4.78 is 5.02. The first kappa shape index (κ1) is 12.2. The molecule has 1 amide bonds. The summed E-state index contributed by atoms with van der Waals surface area (Å²) in [5.41, 5.74) is 0.970. The molecule has 0 radical (unpaired) electrons. The molecule has 0 unspecified atom stereocenters. The predicted octanol–water partition coefficient (Wildman–Crippen LogP) is 1.29. The van der Waals surface area contributed by atoms with Crippen molar-refractivity contribution in [1.82, 2.24) is 5.32 Å². The maximum absolute atomic E-state index is 11.2. The number of rotatable bonds is 5. The van der Waals surface area contributed by atoms with Crippen molar-refractivity contribution < 1.29 is 14.3 Å². The summed E-state index contributed by atoms with van der Waals surface area (Å²) >= 11 is 0. The van der Waals surface area contributed by atoms with E-state index >= 15 is 0 Å². The molecule has 0 aromatic heterocycles. The van der Waals surface area contributed by atoms with Crippen LogP contribution in [0, 0.1) is 0 Å². The Hall–Kier alpha value is -1.84. The van der Waals surface area contributed by atoms with E-state index in [9.17, 15) is 9.59 Å². The molecule has 4 heteroatoms. The third kappa shape index (κ3) is 4.13. The number of hydrogen-bond acceptors (Lipinski definition) is 3. The maximum Gasteiger partial charge on any atom is 0.227 e. The Bertz CT molecular complexity index is 370. The van der Waals surface area contributed by atoms with Crippen molar-refractivity contribution >= 4 is 11.7 Å². The fourth-order valence-corrected chi connectivity index (χ4v) is 1.23. The van der Waals surface area contributed by atoms with Gasteiger partial charge in [-0.1, -0.05) is 12.1 Å². The smallest absolute Gasteiger partial charge is 0.227 e. The number of ether oxygens (including phenoxy) is 1. The van der Waals surface area contributed by atoms with Crippen molar-refractivity contribution in [2.24, 2.45) is 0 Å². The first-order valence-corrected chi connectivity index (χ1v) is 5.01. The van der Waals surface area contributed by atoms with Crippen LogP contribution in [0.4, 0.5) is 0 Å². The topological polar surface area (TPSA) is 55.4 Å². The Balaban J connectivity index is 2.42. The minimum Gasteiger partial charge on any atom is -0.497 e. The molecule has 0 saturated carbocycles. The zero-order chi connectivity index (χ0) is 12.0. The standard InChI is InChI=1S/C12H15NO3/c1-9(14)7-12(15)13-8-10-3-5-11(16-2)6-4-10/h3-6H,7-8H2,1-2H3,(H,13,15). The van der Waals surface area contributed by atoms with Gasteiger partial charge >= 0.3 is 0 Å². The zero-order valence-electron chi connectivity index (χ0n) is 9.45. The number of carbonyl (C=O) groups excluding carboxylic acids is 2. The lowest BCUT2D eigenvalue weighted by atomic mass is 10.2. The van der Waals surface area contributed by atoms with E-state index in [-0.39, 0.29) is 18.1 Å². The van der Waals surface area contributed by atoms with Crippen LogP contribution in [0.3, 0.4) is 0 Å². The Morgan fingerprint density at radius 1 is 1.25 bits per heavy atom. The number of carbonyl (C=O) groups is 2. The van der Waals surface area contributed by atoms with Crippen LogP contribution in [0.2, 0.25) is 0 Å². The second-order valence-electron chi connectivity index (χ2n) is 3.50. The van der Waals surface area contributed by atoms with E-state index in [0.717, 1.165) is 11.3 Å². The lowest BCUT2D eigenvalue weighted by Gasteiger charge is -2.05. The number of hydrogen-bond donors (Lipinski definition) is 1. The molecule has 0 saturated heterocycles. The maximum atomic E-state index is 11.2. The normalized spacial score (nSPS) is 9.62. The van der Waals surface area contributed by atoms with Crippen LogP contribution in [0.15, 0.2) is 24.3 Å². The molecule has 1 aromatic carbocycles. The molecular weight excluding hydrogens is 206 g/mol. The fourth-order valence-electron chi connectivity index (χ4n) is 1.23. The molecule has 1 rings (SSSR count). The number of methoxy groups -OCH3 is 1. The van der Waals surface area contributed by atoms with Gasteiger partial charge in [-0.05, 0) is 24.6 Å². The molecular formula is C12H15NO3. The van der Waals surface area contributed by atoms with Crippen molar-refractivity contribution in [3.63, 3.8) is 0 Å². The predicted molar refractivity (Wildman–Crippen MR) is 60.1 cm³/mol. The highest BCUT2D eigenvalue weighted by molar-refractivity contribution is 5.96. The van der Waals surface area contributed by atoms with E-state index in [0.29, 0.717) is 6.54 Å². The van der Waals surface area contributed by atoms with E-state index < -0.39 is 0 Å². The Morgan fingerprint density at radius 3 is 2.38 bits per heavy atom. The molecule has 0 aliphatic carbocycles. The zero-order valence-corrected chi connectivity index (χ0v) is 9.45. The average Bonchev–Trinajstić information content (AvgIpc) is 2.26. The van der Waals surface area contributed by atoms with Crippen LogP contribution < -0.4 is 10.1 Å². The van der Waals surface area contributed by atoms with Crippen LogP contribution in [-0.2, 0) is 16.1 Å². The number of ketones is 1. The number of nitrogens with one attached hydrogen (secondary N) is 1. The molecule has 4 nitrogen and oxygen atoms in total. The van der Waals surface area contributed by atoms with Gasteiger partial charge in [-0.25, -0.2) is 0 Å². The highest BCUT2D eigenvalue weighted by atomic mass is 16.5. The summed E-state index contributed by atoms with van der Waals surface area (Å²) in [5, 5.41) is 2.67. The van der Waals surface area contributed by atoms with Crippen molar-refractivity contribution in [3.05, 3.63) is 29.8 Å². The third-order valence-electron chi connectivity index (χ3n) is 2.06. The van der Waals surface area contributed by atoms with Gasteiger partial charge in [-0.3, -0.25) is 9.59 Å². The summed E-state index contributed by atoms with van der Waals surface area (Å²) in [6.45, 7) is 1.82.